The summed E-state index contributed by atoms with van der Waals surface area (Å²) in [4.78, 5) is 11.8. The molecule has 0 spiro atoms. The van der Waals surface area contributed by atoms with Gasteiger partial charge in [-0.1, -0.05) is 19.8 Å². The molecule has 0 radical (unpaired) electrons. The summed E-state index contributed by atoms with van der Waals surface area (Å²) < 4.78 is 0. The Labute approximate surface area is 121 Å². The van der Waals surface area contributed by atoms with E-state index in [4.69, 9.17) is 5.73 Å². The van der Waals surface area contributed by atoms with Gasteiger partial charge in [0, 0.05) is 18.7 Å². The maximum absolute atomic E-state index is 11.8. The second-order valence-corrected chi connectivity index (χ2v) is 5.71. The summed E-state index contributed by atoms with van der Waals surface area (Å²) in [5.74, 6) is 1.43. The molecule has 0 aromatic heterocycles. The summed E-state index contributed by atoms with van der Waals surface area (Å²) in [5, 5.41) is 6.22. The van der Waals surface area contributed by atoms with Gasteiger partial charge in [0.2, 0.25) is 0 Å². The van der Waals surface area contributed by atoms with Crippen LogP contribution in [-0.2, 0) is 0 Å². The molecule has 2 rings (SSSR count). The van der Waals surface area contributed by atoms with Crippen molar-refractivity contribution >= 4 is 17.3 Å². The minimum atomic E-state index is -0.0511. The van der Waals surface area contributed by atoms with Gasteiger partial charge in [-0.15, -0.1) is 0 Å². The molecule has 1 fully saturated rings. The quantitative estimate of drug-likeness (QED) is 0.724. The first kappa shape index (κ1) is 14.7. The molecule has 0 heterocycles. The van der Waals surface area contributed by atoms with Gasteiger partial charge in [-0.25, -0.2) is 0 Å². The summed E-state index contributed by atoms with van der Waals surface area (Å²) in [6, 6.07) is 5.41. The molecule has 2 unspecified atom stereocenters. The maximum Gasteiger partial charge on any atom is 0.251 e. The van der Waals surface area contributed by atoms with E-state index in [2.05, 4.69) is 17.6 Å². The number of hydrogen-bond donors (Lipinski definition) is 3. The minimum Gasteiger partial charge on any atom is -0.397 e. The molecule has 1 aliphatic rings. The first-order valence-electron chi connectivity index (χ1n) is 7.53. The van der Waals surface area contributed by atoms with Gasteiger partial charge >= 0.3 is 0 Å². The first-order chi connectivity index (χ1) is 9.61. The van der Waals surface area contributed by atoms with Crippen molar-refractivity contribution in [2.75, 3.05) is 24.1 Å². The van der Waals surface area contributed by atoms with E-state index in [9.17, 15) is 4.79 Å². The molecule has 4 heteroatoms. The summed E-state index contributed by atoms with van der Waals surface area (Å²) in [6.45, 7) is 5.79. The summed E-state index contributed by atoms with van der Waals surface area (Å²) in [6.07, 6.45) is 3.92. The number of nitrogen functional groups attached to an aromatic ring is 1. The predicted molar refractivity (Wildman–Crippen MR) is 83.9 cm³/mol. The fourth-order valence-electron chi connectivity index (χ4n) is 2.88. The molecular weight excluding hydrogens is 250 g/mol. The van der Waals surface area contributed by atoms with Crippen LogP contribution < -0.4 is 16.4 Å². The maximum atomic E-state index is 11.8. The highest BCUT2D eigenvalue weighted by Gasteiger charge is 2.23. The number of benzene rings is 1. The third-order valence-corrected chi connectivity index (χ3v) is 4.25. The van der Waals surface area contributed by atoms with E-state index in [-0.39, 0.29) is 5.91 Å². The molecule has 2 atom stereocenters. The van der Waals surface area contributed by atoms with Gasteiger partial charge in [0.25, 0.3) is 5.91 Å². The molecule has 110 valence electrons. The fraction of sp³-hybridized carbons (Fsp3) is 0.562. The van der Waals surface area contributed by atoms with E-state index in [1.165, 1.54) is 19.3 Å². The lowest BCUT2D eigenvalue weighted by atomic mass is 9.98. The van der Waals surface area contributed by atoms with E-state index in [1.807, 2.05) is 13.0 Å². The molecule has 1 aliphatic carbocycles. The van der Waals surface area contributed by atoms with Crippen LogP contribution in [0.5, 0.6) is 0 Å². The number of hydrogen-bond acceptors (Lipinski definition) is 3. The normalized spacial score (nSPS) is 21.7. The second-order valence-electron chi connectivity index (χ2n) is 5.71. The van der Waals surface area contributed by atoms with Crippen molar-refractivity contribution in [3.63, 3.8) is 0 Å². The molecule has 4 N–H and O–H groups in total. The van der Waals surface area contributed by atoms with Crippen molar-refractivity contribution in [1.82, 2.24) is 5.32 Å². The molecule has 4 nitrogen and oxygen atoms in total. The van der Waals surface area contributed by atoms with Crippen molar-refractivity contribution in [1.29, 1.82) is 0 Å². The third-order valence-electron chi connectivity index (χ3n) is 4.25. The molecular formula is C16H25N3O. The van der Waals surface area contributed by atoms with Crippen LogP contribution in [0.1, 0.15) is 43.5 Å². The predicted octanol–water partition coefficient (Wildman–Crippen LogP) is 2.87. The molecule has 20 heavy (non-hydrogen) atoms. The van der Waals surface area contributed by atoms with E-state index < -0.39 is 0 Å². The fourth-order valence-corrected chi connectivity index (χ4v) is 2.88. The van der Waals surface area contributed by atoms with E-state index in [0.29, 0.717) is 23.7 Å². The largest absolute Gasteiger partial charge is 0.397 e. The molecule has 0 bridgehead atoms. The Morgan fingerprint density at radius 1 is 1.40 bits per heavy atom. The number of rotatable bonds is 5. The van der Waals surface area contributed by atoms with Crippen molar-refractivity contribution < 1.29 is 4.79 Å². The van der Waals surface area contributed by atoms with Crippen LogP contribution in [0.25, 0.3) is 0 Å². The number of nitrogens with one attached hydrogen (secondary N) is 2. The Bertz CT molecular complexity index is 473. The van der Waals surface area contributed by atoms with E-state index in [0.717, 1.165) is 18.2 Å². The Hall–Kier alpha value is -1.71. The third kappa shape index (κ3) is 3.44. The van der Waals surface area contributed by atoms with Crippen molar-refractivity contribution in [3.8, 4) is 0 Å². The number of amides is 1. The standard InChI is InChI=1S/C16H25N3O/c1-3-18-16(20)12-7-8-14(17)15(9-12)19-10-13-6-4-5-11(13)2/h7-9,11,13,19H,3-6,10,17H2,1-2H3,(H,18,20). The molecule has 1 amide bonds. The van der Waals surface area contributed by atoms with Crippen LogP contribution in [0, 0.1) is 11.8 Å². The number of nitrogens with two attached hydrogens (primary N) is 1. The van der Waals surface area contributed by atoms with Crippen LogP contribution in [0.2, 0.25) is 0 Å². The highest BCUT2D eigenvalue weighted by Crippen LogP contribution is 2.31. The molecule has 1 aromatic rings. The van der Waals surface area contributed by atoms with Crippen molar-refractivity contribution in [2.45, 2.75) is 33.1 Å². The number of carbonyl (C=O) groups is 1. The SMILES string of the molecule is CCNC(=O)c1ccc(N)c(NCC2CCCC2C)c1. The summed E-state index contributed by atoms with van der Waals surface area (Å²) in [7, 11) is 0. The van der Waals surface area contributed by atoms with Crippen LogP contribution in [0.3, 0.4) is 0 Å². The molecule has 0 aliphatic heterocycles. The molecule has 0 saturated heterocycles. The van der Waals surface area contributed by atoms with Gasteiger partial charge in [-0.3, -0.25) is 4.79 Å². The molecule has 1 aromatic carbocycles. The van der Waals surface area contributed by atoms with Gasteiger partial charge in [0.15, 0.2) is 0 Å². The van der Waals surface area contributed by atoms with Gasteiger partial charge < -0.3 is 16.4 Å². The Morgan fingerprint density at radius 3 is 2.85 bits per heavy atom. The topological polar surface area (TPSA) is 67.2 Å². The van der Waals surface area contributed by atoms with Crippen LogP contribution >= 0.6 is 0 Å². The number of carbonyl (C=O) groups excluding carboxylic acids is 1. The Balaban J connectivity index is 2.02. The zero-order valence-electron chi connectivity index (χ0n) is 12.4. The highest BCUT2D eigenvalue weighted by molar-refractivity contribution is 5.96. The lowest BCUT2D eigenvalue weighted by Crippen LogP contribution is -2.23. The van der Waals surface area contributed by atoms with E-state index in [1.54, 1.807) is 12.1 Å². The first-order valence-corrected chi connectivity index (χ1v) is 7.53. The smallest absolute Gasteiger partial charge is 0.251 e. The lowest BCUT2D eigenvalue weighted by Gasteiger charge is -2.18. The number of anilines is 2. The van der Waals surface area contributed by atoms with Gasteiger partial charge in [-0.05, 0) is 43.4 Å². The minimum absolute atomic E-state index is 0.0511. The average Bonchev–Trinajstić information content (AvgIpc) is 2.83. The summed E-state index contributed by atoms with van der Waals surface area (Å²) >= 11 is 0. The van der Waals surface area contributed by atoms with Gasteiger partial charge in [0.05, 0.1) is 11.4 Å². The van der Waals surface area contributed by atoms with Crippen LogP contribution in [-0.4, -0.2) is 19.0 Å². The zero-order chi connectivity index (χ0) is 14.5. The summed E-state index contributed by atoms with van der Waals surface area (Å²) in [5.41, 5.74) is 8.21. The molecule has 1 saturated carbocycles. The van der Waals surface area contributed by atoms with E-state index >= 15 is 0 Å². The van der Waals surface area contributed by atoms with Crippen molar-refractivity contribution in [2.24, 2.45) is 11.8 Å². The Morgan fingerprint density at radius 2 is 2.20 bits per heavy atom. The highest BCUT2D eigenvalue weighted by atomic mass is 16.1. The van der Waals surface area contributed by atoms with Gasteiger partial charge in [0.1, 0.15) is 0 Å². The average molecular weight is 275 g/mol. The van der Waals surface area contributed by atoms with Crippen molar-refractivity contribution in [3.05, 3.63) is 23.8 Å². The lowest BCUT2D eigenvalue weighted by molar-refractivity contribution is 0.0956. The van der Waals surface area contributed by atoms with Gasteiger partial charge in [-0.2, -0.15) is 0 Å². The van der Waals surface area contributed by atoms with Crippen LogP contribution in [0.15, 0.2) is 18.2 Å². The second kappa shape index (κ2) is 6.64. The monoisotopic (exact) mass is 275 g/mol. The zero-order valence-corrected chi connectivity index (χ0v) is 12.4. The Kier molecular flexibility index (Phi) is 4.88. The van der Waals surface area contributed by atoms with Crippen LogP contribution in [0.4, 0.5) is 11.4 Å².